The maximum absolute atomic E-state index is 13.3. The number of nitrogens with zero attached hydrogens (tertiary/aromatic N) is 2. The van der Waals surface area contributed by atoms with Crippen molar-refractivity contribution in [3.8, 4) is 11.5 Å². The van der Waals surface area contributed by atoms with E-state index in [4.69, 9.17) is 4.74 Å². The van der Waals surface area contributed by atoms with Crippen molar-refractivity contribution in [1.29, 1.82) is 0 Å². The summed E-state index contributed by atoms with van der Waals surface area (Å²) >= 11 is 4.05. The molecule has 1 saturated heterocycles. The van der Waals surface area contributed by atoms with Crippen molar-refractivity contribution < 1.29 is 32.4 Å². The molecule has 40 heavy (non-hydrogen) atoms. The van der Waals surface area contributed by atoms with E-state index in [-0.39, 0.29) is 22.8 Å². The zero-order valence-corrected chi connectivity index (χ0v) is 22.5. The topological polar surface area (TPSA) is 89.7 Å². The minimum atomic E-state index is -4.78. The summed E-state index contributed by atoms with van der Waals surface area (Å²) in [6, 6.07) is 19.7. The van der Waals surface area contributed by atoms with Crippen LogP contribution in [-0.4, -0.2) is 21.0 Å². The molecule has 0 N–H and O–H groups in total. The van der Waals surface area contributed by atoms with Gasteiger partial charge in [0.1, 0.15) is 5.75 Å². The normalized spacial score (nSPS) is 14.8. The second-order valence-corrected chi connectivity index (χ2v) is 10.5. The fourth-order valence-electron chi connectivity index (χ4n) is 4.14. The number of amides is 2. The summed E-state index contributed by atoms with van der Waals surface area (Å²) in [6.07, 6.45) is -3.37. The minimum absolute atomic E-state index is 0.0342. The largest absolute Gasteiger partial charge is 0.449 e. The minimum Gasteiger partial charge on any atom is -0.449 e. The SMILES string of the molecule is O=C1S/C(=C\c2cc(Br)ccc2Oc2ccc(C(F)(F)F)cc2[N+](=O)[O-])C(=O)N1Cc1cccc2ccccc12. The number of carbonyl (C=O) groups is 2. The first-order valence-corrected chi connectivity index (χ1v) is 13.2. The lowest BCUT2D eigenvalue weighted by atomic mass is 10.0. The maximum atomic E-state index is 13.3. The van der Waals surface area contributed by atoms with Gasteiger partial charge in [0, 0.05) is 16.1 Å². The Morgan fingerprint density at radius 2 is 1.70 bits per heavy atom. The standard InChI is InChI=1S/C28H16BrF3N2O5S/c29-20-9-11-23(39-24-10-8-19(28(30,31)32)14-22(24)34(37)38)18(12-20)13-25-26(35)33(27(36)40-25)15-17-6-3-5-16-4-1-2-7-21(16)17/h1-14H,15H2/b25-13-. The van der Waals surface area contributed by atoms with Crippen LogP contribution < -0.4 is 4.74 Å². The number of thioether (sulfide) groups is 1. The highest BCUT2D eigenvalue weighted by molar-refractivity contribution is 9.10. The molecule has 12 heteroatoms. The first kappa shape index (κ1) is 27.4. The Labute approximate surface area is 237 Å². The van der Waals surface area contributed by atoms with Gasteiger partial charge in [-0.15, -0.1) is 0 Å². The van der Waals surface area contributed by atoms with Crippen LogP contribution in [0.3, 0.4) is 0 Å². The first-order chi connectivity index (χ1) is 19.0. The van der Waals surface area contributed by atoms with Crippen LogP contribution in [0.1, 0.15) is 16.7 Å². The average Bonchev–Trinajstić information content (AvgIpc) is 3.17. The molecule has 1 aliphatic rings. The van der Waals surface area contributed by atoms with Crippen LogP contribution in [0.2, 0.25) is 0 Å². The first-order valence-electron chi connectivity index (χ1n) is 11.6. The Kier molecular flexibility index (Phi) is 7.39. The van der Waals surface area contributed by atoms with E-state index in [1.165, 1.54) is 12.1 Å². The molecule has 0 spiro atoms. The highest BCUT2D eigenvalue weighted by atomic mass is 79.9. The van der Waals surface area contributed by atoms with E-state index in [0.29, 0.717) is 16.6 Å². The summed E-state index contributed by atoms with van der Waals surface area (Å²) in [6.45, 7) is 0.0585. The van der Waals surface area contributed by atoms with Gasteiger partial charge < -0.3 is 4.74 Å². The molecule has 0 atom stereocenters. The molecule has 7 nitrogen and oxygen atoms in total. The van der Waals surface area contributed by atoms with Crippen LogP contribution in [0.15, 0.2) is 88.2 Å². The number of carbonyl (C=O) groups excluding carboxylic acids is 2. The molecular weight excluding hydrogens is 613 g/mol. The number of rotatable bonds is 6. The van der Waals surface area contributed by atoms with E-state index < -0.39 is 39.2 Å². The number of nitro benzene ring substituents is 1. The van der Waals surface area contributed by atoms with Gasteiger partial charge in [0.25, 0.3) is 11.1 Å². The average molecular weight is 629 g/mol. The molecule has 0 unspecified atom stereocenters. The molecule has 0 radical (unpaired) electrons. The summed E-state index contributed by atoms with van der Waals surface area (Å²) in [5.41, 5.74) is -0.997. The number of hydrogen-bond donors (Lipinski definition) is 0. The van der Waals surface area contributed by atoms with Gasteiger partial charge >= 0.3 is 11.9 Å². The second kappa shape index (κ2) is 10.8. The van der Waals surface area contributed by atoms with Gasteiger partial charge in [-0.25, -0.2) is 0 Å². The van der Waals surface area contributed by atoms with Gasteiger partial charge in [0.2, 0.25) is 5.75 Å². The Balaban J connectivity index is 1.46. The molecule has 0 saturated carbocycles. The van der Waals surface area contributed by atoms with Gasteiger partial charge in [0.15, 0.2) is 0 Å². The van der Waals surface area contributed by atoms with Gasteiger partial charge in [0.05, 0.1) is 21.9 Å². The lowest BCUT2D eigenvalue weighted by Gasteiger charge is -2.14. The van der Waals surface area contributed by atoms with Crippen molar-refractivity contribution >= 4 is 61.4 Å². The number of fused-ring (bicyclic) bond motifs is 1. The third kappa shape index (κ3) is 5.58. The molecule has 0 bridgehead atoms. The Morgan fingerprint density at radius 3 is 2.45 bits per heavy atom. The highest BCUT2D eigenvalue weighted by Crippen LogP contribution is 2.41. The van der Waals surface area contributed by atoms with E-state index in [0.717, 1.165) is 39.1 Å². The lowest BCUT2D eigenvalue weighted by Crippen LogP contribution is -2.27. The smallest absolute Gasteiger partial charge is 0.416 e. The molecule has 0 aromatic heterocycles. The summed E-state index contributed by atoms with van der Waals surface area (Å²) in [5.74, 6) is -0.916. The van der Waals surface area contributed by atoms with Crippen molar-refractivity contribution in [2.45, 2.75) is 12.7 Å². The number of nitro groups is 1. The van der Waals surface area contributed by atoms with Gasteiger partial charge in [-0.1, -0.05) is 58.4 Å². The van der Waals surface area contributed by atoms with Crippen molar-refractivity contribution in [2.75, 3.05) is 0 Å². The van der Waals surface area contributed by atoms with Crippen molar-refractivity contribution in [1.82, 2.24) is 4.90 Å². The van der Waals surface area contributed by atoms with Crippen molar-refractivity contribution in [3.63, 3.8) is 0 Å². The van der Waals surface area contributed by atoms with Crippen LogP contribution in [0, 0.1) is 10.1 Å². The van der Waals surface area contributed by atoms with E-state index in [2.05, 4.69) is 15.9 Å². The van der Waals surface area contributed by atoms with E-state index in [1.54, 1.807) is 12.1 Å². The highest BCUT2D eigenvalue weighted by Gasteiger charge is 2.36. The lowest BCUT2D eigenvalue weighted by molar-refractivity contribution is -0.385. The molecule has 1 aliphatic heterocycles. The zero-order chi connectivity index (χ0) is 28.6. The third-order valence-corrected chi connectivity index (χ3v) is 7.44. The van der Waals surface area contributed by atoms with Crippen molar-refractivity contribution in [3.05, 3.63) is 115 Å². The van der Waals surface area contributed by atoms with E-state index >= 15 is 0 Å². The van der Waals surface area contributed by atoms with Crippen LogP contribution in [0.5, 0.6) is 11.5 Å². The van der Waals surface area contributed by atoms with E-state index in [1.807, 2.05) is 42.5 Å². The number of halogens is 4. The maximum Gasteiger partial charge on any atom is 0.416 e. The molecule has 202 valence electrons. The quantitative estimate of drug-likeness (QED) is 0.121. The van der Waals surface area contributed by atoms with Gasteiger partial charge in [-0.3, -0.25) is 24.6 Å². The molecule has 4 aromatic rings. The number of alkyl halides is 3. The predicted octanol–water partition coefficient (Wildman–Crippen LogP) is 8.56. The molecule has 1 fully saturated rings. The molecule has 1 heterocycles. The summed E-state index contributed by atoms with van der Waals surface area (Å²) in [5, 5.41) is 12.9. The predicted molar refractivity (Wildman–Crippen MR) is 148 cm³/mol. The van der Waals surface area contributed by atoms with Crippen LogP contribution in [-0.2, 0) is 17.5 Å². The zero-order valence-electron chi connectivity index (χ0n) is 20.1. The third-order valence-electron chi connectivity index (χ3n) is 6.04. The molecule has 4 aromatic carbocycles. The number of hydrogen-bond acceptors (Lipinski definition) is 6. The Morgan fingerprint density at radius 1 is 0.975 bits per heavy atom. The van der Waals surface area contributed by atoms with Crippen molar-refractivity contribution in [2.24, 2.45) is 0 Å². The van der Waals surface area contributed by atoms with Gasteiger partial charge in [-0.2, -0.15) is 13.2 Å². The number of ether oxygens (including phenoxy) is 1. The fraction of sp³-hybridized carbons (Fsp3) is 0.0714. The number of imide groups is 1. The van der Waals surface area contributed by atoms with Crippen LogP contribution in [0.25, 0.3) is 16.8 Å². The van der Waals surface area contributed by atoms with Crippen LogP contribution in [0.4, 0.5) is 23.7 Å². The van der Waals surface area contributed by atoms with Crippen LogP contribution >= 0.6 is 27.7 Å². The fourth-order valence-corrected chi connectivity index (χ4v) is 5.35. The Hall–Kier alpha value is -4.16. The monoisotopic (exact) mass is 628 g/mol. The summed E-state index contributed by atoms with van der Waals surface area (Å²) < 4.78 is 45.5. The molecule has 5 rings (SSSR count). The molecule has 2 amide bonds. The Bertz CT molecular complexity index is 1720. The summed E-state index contributed by atoms with van der Waals surface area (Å²) in [4.78, 5) is 37.8. The summed E-state index contributed by atoms with van der Waals surface area (Å²) in [7, 11) is 0. The van der Waals surface area contributed by atoms with E-state index in [9.17, 15) is 32.9 Å². The second-order valence-electron chi connectivity index (χ2n) is 8.63. The van der Waals surface area contributed by atoms with Gasteiger partial charge in [-0.05, 0) is 64.5 Å². The molecule has 0 aliphatic carbocycles. The molecular formula is C28H16BrF3N2O5S. The number of benzene rings is 4.